The second-order valence-electron chi connectivity index (χ2n) is 10.3. The summed E-state index contributed by atoms with van der Waals surface area (Å²) in [6.07, 6.45) is 3.49. The SMILES string of the molecule is CC[C@@H](N1C(=O)N[C@](NC(=O)c2cccnc2)(C(F)(F)F)C1=O)C12CC3CC(CC(C3)C1)C2. The van der Waals surface area contributed by atoms with Crippen LogP contribution in [0.15, 0.2) is 24.5 Å². The molecule has 1 saturated heterocycles. The fourth-order valence-electron chi connectivity index (χ4n) is 7.39. The van der Waals surface area contributed by atoms with Crippen LogP contribution in [0.1, 0.15) is 62.2 Å². The molecule has 0 spiro atoms. The minimum Gasteiger partial charge on any atom is -0.314 e. The molecule has 4 bridgehead atoms. The van der Waals surface area contributed by atoms with Gasteiger partial charge in [-0.05, 0) is 80.2 Å². The number of hydrogen-bond acceptors (Lipinski definition) is 4. The predicted molar refractivity (Wildman–Crippen MR) is 111 cm³/mol. The third-order valence-corrected chi connectivity index (χ3v) is 8.19. The van der Waals surface area contributed by atoms with E-state index in [1.54, 1.807) is 5.32 Å². The lowest BCUT2D eigenvalue weighted by atomic mass is 9.47. The summed E-state index contributed by atoms with van der Waals surface area (Å²) in [5.41, 5.74) is -4.01. The summed E-state index contributed by atoms with van der Waals surface area (Å²) < 4.78 is 43.0. The molecule has 0 radical (unpaired) electrons. The number of amides is 4. The first kappa shape index (κ1) is 22.2. The van der Waals surface area contributed by atoms with Gasteiger partial charge in [-0.1, -0.05) is 6.92 Å². The molecule has 4 saturated carbocycles. The molecule has 1 aromatic heterocycles. The van der Waals surface area contributed by atoms with Crippen molar-refractivity contribution in [3.05, 3.63) is 30.1 Å². The van der Waals surface area contributed by atoms with Crippen LogP contribution in [0.5, 0.6) is 0 Å². The molecule has 178 valence electrons. The van der Waals surface area contributed by atoms with Crippen molar-refractivity contribution in [3.8, 4) is 0 Å². The predicted octanol–water partition coefficient (Wildman–Crippen LogP) is 3.62. The first-order valence-electron chi connectivity index (χ1n) is 11.5. The van der Waals surface area contributed by atoms with Crippen molar-refractivity contribution >= 4 is 17.8 Å². The number of halogens is 3. The van der Waals surface area contributed by atoms with Crippen molar-refractivity contribution in [2.75, 3.05) is 0 Å². The molecular weight excluding hydrogens is 437 g/mol. The lowest BCUT2D eigenvalue weighted by molar-refractivity contribution is -0.202. The standard InChI is InChI=1S/C23H27F3N4O3/c1-2-17(21-9-13-6-14(10-21)8-15(7-13)11-21)30-19(32)22(23(24,25)26,29-20(30)33)28-18(31)16-4-3-5-27-12-16/h3-5,12-15,17H,2,6-11H2,1H3,(H,28,31)(H,29,33)/t13?,14?,15?,17-,21?,22+/m1/s1. The molecule has 10 heteroatoms. The number of pyridine rings is 1. The van der Waals surface area contributed by atoms with E-state index in [0.29, 0.717) is 24.2 Å². The van der Waals surface area contributed by atoms with Gasteiger partial charge in [0.25, 0.3) is 17.5 Å². The normalized spacial score (nSPS) is 36.1. The van der Waals surface area contributed by atoms with Gasteiger partial charge in [-0.2, -0.15) is 13.2 Å². The lowest BCUT2D eigenvalue weighted by Gasteiger charge is -2.60. The summed E-state index contributed by atoms with van der Waals surface area (Å²) in [6.45, 7) is 1.81. The second kappa shape index (κ2) is 7.43. The van der Waals surface area contributed by atoms with Gasteiger partial charge in [0.2, 0.25) is 0 Å². The highest BCUT2D eigenvalue weighted by Gasteiger charge is 2.71. The molecule has 7 nitrogen and oxygen atoms in total. The van der Waals surface area contributed by atoms with Gasteiger partial charge in [0.05, 0.1) is 5.56 Å². The van der Waals surface area contributed by atoms with Crippen LogP contribution in [-0.4, -0.2) is 45.6 Å². The topological polar surface area (TPSA) is 91.4 Å². The molecule has 1 aliphatic heterocycles. The van der Waals surface area contributed by atoms with E-state index < -0.39 is 35.7 Å². The van der Waals surface area contributed by atoms with E-state index in [-0.39, 0.29) is 11.0 Å². The van der Waals surface area contributed by atoms with Crippen molar-refractivity contribution in [1.29, 1.82) is 0 Å². The maximum Gasteiger partial charge on any atom is 0.440 e. The lowest BCUT2D eigenvalue weighted by Crippen LogP contribution is -2.70. The number of nitrogens with zero attached hydrogens (tertiary/aromatic N) is 2. The van der Waals surface area contributed by atoms with Gasteiger partial charge in [-0.25, -0.2) is 4.79 Å². The van der Waals surface area contributed by atoms with Crippen LogP contribution in [0.3, 0.4) is 0 Å². The first-order chi connectivity index (χ1) is 15.6. The Hall–Kier alpha value is -2.65. The number of rotatable bonds is 5. The van der Waals surface area contributed by atoms with Gasteiger partial charge in [0.15, 0.2) is 0 Å². The quantitative estimate of drug-likeness (QED) is 0.652. The van der Waals surface area contributed by atoms with Crippen molar-refractivity contribution in [1.82, 2.24) is 20.5 Å². The number of alkyl halides is 3. The Morgan fingerprint density at radius 3 is 2.30 bits per heavy atom. The van der Waals surface area contributed by atoms with Crippen molar-refractivity contribution < 1.29 is 27.6 Å². The molecule has 2 heterocycles. The smallest absolute Gasteiger partial charge is 0.314 e. The molecule has 5 aliphatic rings. The number of imide groups is 1. The Balaban J connectivity index is 1.49. The summed E-state index contributed by atoms with van der Waals surface area (Å²) in [4.78, 5) is 43.5. The maximum absolute atomic E-state index is 14.3. The molecule has 0 aromatic carbocycles. The summed E-state index contributed by atoms with van der Waals surface area (Å²) in [5.74, 6) is -1.09. The van der Waals surface area contributed by atoms with E-state index in [1.807, 2.05) is 12.2 Å². The average molecular weight is 464 g/mol. The van der Waals surface area contributed by atoms with Crippen LogP contribution >= 0.6 is 0 Å². The minimum absolute atomic E-state index is 0.144. The first-order valence-corrected chi connectivity index (χ1v) is 11.5. The van der Waals surface area contributed by atoms with Gasteiger partial charge in [0.1, 0.15) is 0 Å². The van der Waals surface area contributed by atoms with Crippen LogP contribution in [0.25, 0.3) is 0 Å². The van der Waals surface area contributed by atoms with E-state index in [4.69, 9.17) is 0 Å². The molecule has 5 fully saturated rings. The molecule has 0 unspecified atom stereocenters. The van der Waals surface area contributed by atoms with Gasteiger partial charge < -0.3 is 5.32 Å². The largest absolute Gasteiger partial charge is 0.440 e. The van der Waals surface area contributed by atoms with Crippen molar-refractivity contribution in [2.24, 2.45) is 23.2 Å². The molecule has 6 rings (SSSR count). The number of nitrogens with one attached hydrogen (secondary N) is 2. The van der Waals surface area contributed by atoms with Crippen LogP contribution in [0, 0.1) is 23.2 Å². The summed E-state index contributed by atoms with van der Waals surface area (Å²) >= 11 is 0. The Kier molecular flexibility index (Phi) is 4.99. The summed E-state index contributed by atoms with van der Waals surface area (Å²) in [6, 6.07) is 0.941. The van der Waals surface area contributed by atoms with Crippen LogP contribution in [0.2, 0.25) is 0 Å². The van der Waals surface area contributed by atoms with E-state index in [1.165, 1.54) is 18.3 Å². The maximum atomic E-state index is 14.3. The highest BCUT2D eigenvalue weighted by molar-refractivity contribution is 6.10. The van der Waals surface area contributed by atoms with E-state index in [0.717, 1.165) is 49.6 Å². The van der Waals surface area contributed by atoms with Crippen molar-refractivity contribution in [2.45, 2.75) is 69.8 Å². The number of carbonyl (C=O) groups excluding carboxylic acids is 3. The number of carbonyl (C=O) groups is 3. The highest BCUT2D eigenvalue weighted by atomic mass is 19.4. The molecule has 2 atom stereocenters. The number of urea groups is 1. The molecule has 33 heavy (non-hydrogen) atoms. The fourth-order valence-corrected chi connectivity index (χ4v) is 7.39. The van der Waals surface area contributed by atoms with E-state index in [9.17, 15) is 27.6 Å². The zero-order valence-electron chi connectivity index (χ0n) is 18.3. The van der Waals surface area contributed by atoms with E-state index >= 15 is 0 Å². The Labute approximate surface area is 189 Å². The van der Waals surface area contributed by atoms with Gasteiger partial charge in [-0.3, -0.25) is 24.8 Å². The molecule has 2 N–H and O–H groups in total. The minimum atomic E-state index is -5.23. The highest BCUT2D eigenvalue weighted by Crippen LogP contribution is 2.62. The van der Waals surface area contributed by atoms with Crippen molar-refractivity contribution in [3.63, 3.8) is 0 Å². The number of aromatic nitrogens is 1. The Morgan fingerprint density at radius 2 is 1.82 bits per heavy atom. The van der Waals surface area contributed by atoms with Crippen LogP contribution in [-0.2, 0) is 4.79 Å². The Bertz CT molecular complexity index is 948. The number of hydrogen-bond donors (Lipinski definition) is 2. The third kappa shape index (κ3) is 3.32. The molecule has 4 amide bonds. The van der Waals surface area contributed by atoms with E-state index in [2.05, 4.69) is 4.98 Å². The average Bonchev–Trinajstić information content (AvgIpc) is 2.99. The second-order valence-corrected chi connectivity index (χ2v) is 10.3. The monoisotopic (exact) mass is 464 g/mol. The van der Waals surface area contributed by atoms with Gasteiger partial charge in [0, 0.05) is 18.4 Å². The molecular formula is C23H27F3N4O3. The molecule has 1 aromatic rings. The Morgan fingerprint density at radius 1 is 1.21 bits per heavy atom. The summed E-state index contributed by atoms with van der Waals surface area (Å²) in [5, 5.41) is 3.60. The zero-order valence-corrected chi connectivity index (χ0v) is 18.3. The molecule has 4 aliphatic carbocycles. The summed E-state index contributed by atoms with van der Waals surface area (Å²) in [7, 11) is 0. The zero-order chi connectivity index (χ0) is 23.6. The van der Waals surface area contributed by atoms with Gasteiger partial charge >= 0.3 is 12.2 Å². The van der Waals surface area contributed by atoms with Crippen LogP contribution in [0.4, 0.5) is 18.0 Å². The third-order valence-electron chi connectivity index (χ3n) is 8.19. The van der Waals surface area contributed by atoms with Gasteiger partial charge in [-0.15, -0.1) is 0 Å². The fraction of sp³-hybridized carbons (Fsp3) is 0.652. The van der Waals surface area contributed by atoms with Crippen LogP contribution < -0.4 is 10.6 Å².